The topological polar surface area (TPSA) is 20.3 Å². The molecule has 2 fully saturated rings. The smallest absolute Gasteiger partial charge is 0.161 e. The number of Topliss-reactive ketones (excluding diaryl/α,β-unsaturated/α-hetero) is 1. The third-order valence-electron chi connectivity index (χ3n) is 4.92. The first-order valence-electron chi connectivity index (χ1n) is 7.60. The number of carbonyl (C=O) groups is 1. The fraction of sp³-hybridized carbons (Fsp3) is 0.588. The molecule has 0 N–H and O–H groups in total. The van der Waals surface area contributed by atoms with Gasteiger partial charge in [0.1, 0.15) is 0 Å². The highest BCUT2D eigenvalue weighted by Crippen LogP contribution is 2.38. The minimum atomic E-state index is 0.182. The summed E-state index contributed by atoms with van der Waals surface area (Å²) < 4.78 is 0. The highest BCUT2D eigenvalue weighted by Gasteiger charge is 2.31. The molecule has 0 spiro atoms. The van der Waals surface area contributed by atoms with Crippen molar-refractivity contribution < 1.29 is 4.79 Å². The van der Waals surface area contributed by atoms with E-state index < -0.39 is 0 Å². The Labute approximate surface area is 115 Å². The zero-order chi connectivity index (χ0) is 13.2. The molecule has 2 heteroatoms. The molecule has 2 atom stereocenters. The van der Waals surface area contributed by atoms with Crippen molar-refractivity contribution in [3.05, 3.63) is 29.8 Å². The SMILES string of the molecule is CC(=O)c1ccccc1N1CCC2CCCCC2C1. The van der Waals surface area contributed by atoms with E-state index in [0.29, 0.717) is 0 Å². The van der Waals surface area contributed by atoms with Gasteiger partial charge in [0.05, 0.1) is 0 Å². The second kappa shape index (κ2) is 5.36. The van der Waals surface area contributed by atoms with Crippen molar-refractivity contribution in [1.29, 1.82) is 0 Å². The number of carbonyl (C=O) groups excluding carboxylic acids is 1. The monoisotopic (exact) mass is 257 g/mol. The Bertz CT molecular complexity index is 468. The predicted molar refractivity (Wildman–Crippen MR) is 78.7 cm³/mol. The van der Waals surface area contributed by atoms with E-state index in [1.54, 1.807) is 6.92 Å². The molecular formula is C17H23NO. The number of piperidine rings is 1. The zero-order valence-electron chi connectivity index (χ0n) is 11.8. The van der Waals surface area contributed by atoms with Crippen LogP contribution in [-0.4, -0.2) is 18.9 Å². The van der Waals surface area contributed by atoms with Crippen LogP contribution in [0.2, 0.25) is 0 Å². The number of ketones is 1. The first-order valence-corrected chi connectivity index (χ1v) is 7.60. The van der Waals surface area contributed by atoms with E-state index in [2.05, 4.69) is 17.0 Å². The molecule has 3 rings (SSSR count). The van der Waals surface area contributed by atoms with Crippen molar-refractivity contribution in [2.45, 2.75) is 39.0 Å². The third kappa shape index (κ3) is 2.54. The zero-order valence-corrected chi connectivity index (χ0v) is 11.8. The summed E-state index contributed by atoms with van der Waals surface area (Å²) in [6, 6.07) is 8.09. The van der Waals surface area contributed by atoms with Gasteiger partial charge in [0, 0.05) is 24.3 Å². The fourth-order valence-corrected chi connectivity index (χ4v) is 3.87. The van der Waals surface area contributed by atoms with Crippen LogP contribution in [0, 0.1) is 11.8 Å². The third-order valence-corrected chi connectivity index (χ3v) is 4.92. The molecule has 0 amide bonds. The molecular weight excluding hydrogens is 234 g/mol. The second-order valence-corrected chi connectivity index (χ2v) is 6.11. The van der Waals surface area contributed by atoms with Gasteiger partial charge in [-0.05, 0) is 43.7 Å². The number of para-hydroxylation sites is 1. The van der Waals surface area contributed by atoms with E-state index in [0.717, 1.165) is 36.2 Å². The van der Waals surface area contributed by atoms with E-state index in [4.69, 9.17) is 0 Å². The molecule has 19 heavy (non-hydrogen) atoms. The first kappa shape index (κ1) is 12.7. The quantitative estimate of drug-likeness (QED) is 0.749. The molecule has 1 heterocycles. The summed E-state index contributed by atoms with van der Waals surface area (Å²) in [5, 5.41) is 0. The highest BCUT2D eigenvalue weighted by molar-refractivity contribution is 5.99. The maximum absolute atomic E-state index is 11.8. The van der Waals surface area contributed by atoms with Crippen LogP contribution in [0.4, 0.5) is 5.69 Å². The van der Waals surface area contributed by atoms with Crippen molar-refractivity contribution >= 4 is 11.5 Å². The first-order chi connectivity index (χ1) is 9.25. The van der Waals surface area contributed by atoms with Crippen LogP contribution in [0.1, 0.15) is 49.4 Å². The van der Waals surface area contributed by atoms with Crippen molar-refractivity contribution in [1.82, 2.24) is 0 Å². The van der Waals surface area contributed by atoms with Gasteiger partial charge in [0.15, 0.2) is 5.78 Å². The van der Waals surface area contributed by atoms with E-state index in [1.807, 2.05) is 12.1 Å². The number of anilines is 1. The lowest BCUT2D eigenvalue weighted by Gasteiger charge is -2.42. The van der Waals surface area contributed by atoms with Gasteiger partial charge < -0.3 is 4.90 Å². The lowest BCUT2D eigenvalue weighted by atomic mass is 9.75. The van der Waals surface area contributed by atoms with E-state index in [9.17, 15) is 4.79 Å². The van der Waals surface area contributed by atoms with Gasteiger partial charge in [0.2, 0.25) is 0 Å². The summed E-state index contributed by atoms with van der Waals surface area (Å²) in [7, 11) is 0. The van der Waals surface area contributed by atoms with Crippen LogP contribution in [-0.2, 0) is 0 Å². The van der Waals surface area contributed by atoms with Crippen molar-refractivity contribution in [3.8, 4) is 0 Å². The largest absolute Gasteiger partial charge is 0.371 e. The van der Waals surface area contributed by atoms with E-state index in [1.165, 1.54) is 32.1 Å². The summed E-state index contributed by atoms with van der Waals surface area (Å²) in [5.74, 6) is 1.97. The van der Waals surface area contributed by atoms with Crippen molar-refractivity contribution in [2.75, 3.05) is 18.0 Å². The number of rotatable bonds is 2. The minimum Gasteiger partial charge on any atom is -0.371 e. The fourth-order valence-electron chi connectivity index (χ4n) is 3.87. The number of benzene rings is 1. The lowest BCUT2D eigenvalue weighted by molar-refractivity contribution is 0.101. The maximum Gasteiger partial charge on any atom is 0.161 e. The van der Waals surface area contributed by atoms with E-state index in [-0.39, 0.29) is 5.78 Å². The summed E-state index contributed by atoms with van der Waals surface area (Å²) in [4.78, 5) is 14.2. The standard InChI is InChI=1S/C17H23NO/c1-13(19)16-8-4-5-9-17(16)18-11-10-14-6-2-3-7-15(14)12-18/h4-5,8-9,14-15H,2-3,6-7,10-12H2,1H3. The molecule has 2 aliphatic rings. The van der Waals surface area contributed by atoms with Gasteiger partial charge in [-0.15, -0.1) is 0 Å². The van der Waals surface area contributed by atoms with Gasteiger partial charge in [-0.3, -0.25) is 4.79 Å². The number of nitrogens with zero attached hydrogens (tertiary/aromatic N) is 1. The van der Waals surface area contributed by atoms with Crippen LogP contribution in [0.25, 0.3) is 0 Å². The Morgan fingerprint density at radius 1 is 1.11 bits per heavy atom. The van der Waals surface area contributed by atoms with Gasteiger partial charge in [-0.2, -0.15) is 0 Å². The van der Waals surface area contributed by atoms with Crippen molar-refractivity contribution in [2.24, 2.45) is 11.8 Å². The number of fused-ring (bicyclic) bond motifs is 1. The molecule has 2 nitrogen and oxygen atoms in total. The molecule has 1 aromatic carbocycles. The van der Waals surface area contributed by atoms with Gasteiger partial charge >= 0.3 is 0 Å². The molecule has 0 radical (unpaired) electrons. The maximum atomic E-state index is 11.8. The van der Waals surface area contributed by atoms with E-state index >= 15 is 0 Å². The number of hydrogen-bond acceptors (Lipinski definition) is 2. The molecule has 1 saturated heterocycles. The number of hydrogen-bond donors (Lipinski definition) is 0. The molecule has 1 aromatic rings. The molecule has 1 aliphatic carbocycles. The van der Waals surface area contributed by atoms with Crippen molar-refractivity contribution in [3.63, 3.8) is 0 Å². The van der Waals surface area contributed by atoms with Crippen LogP contribution >= 0.6 is 0 Å². The normalized spacial score (nSPS) is 26.9. The summed E-state index contributed by atoms with van der Waals surface area (Å²) in [6.45, 7) is 3.94. The summed E-state index contributed by atoms with van der Waals surface area (Å²) in [6.07, 6.45) is 6.92. The van der Waals surface area contributed by atoms with Crippen LogP contribution in [0.15, 0.2) is 24.3 Å². The van der Waals surface area contributed by atoms with Gasteiger partial charge in [0.25, 0.3) is 0 Å². The van der Waals surface area contributed by atoms with Gasteiger partial charge in [-0.25, -0.2) is 0 Å². The Balaban J connectivity index is 1.81. The summed E-state index contributed by atoms with van der Waals surface area (Å²) >= 11 is 0. The molecule has 1 aliphatic heterocycles. The van der Waals surface area contributed by atoms with Crippen LogP contribution in [0.5, 0.6) is 0 Å². The Kier molecular flexibility index (Phi) is 3.58. The van der Waals surface area contributed by atoms with Gasteiger partial charge in [-0.1, -0.05) is 31.4 Å². The molecule has 0 aromatic heterocycles. The Morgan fingerprint density at radius 3 is 2.63 bits per heavy atom. The summed E-state index contributed by atoms with van der Waals surface area (Å²) in [5.41, 5.74) is 2.04. The second-order valence-electron chi connectivity index (χ2n) is 6.11. The average Bonchev–Trinajstić information content (AvgIpc) is 2.46. The molecule has 102 valence electrons. The average molecular weight is 257 g/mol. The molecule has 0 bridgehead atoms. The van der Waals surface area contributed by atoms with Crippen LogP contribution in [0.3, 0.4) is 0 Å². The lowest BCUT2D eigenvalue weighted by Crippen LogP contribution is -2.42. The predicted octanol–water partition coefficient (Wildman–Crippen LogP) is 3.91. The minimum absolute atomic E-state index is 0.182. The van der Waals surface area contributed by atoms with Crippen LogP contribution < -0.4 is 4.90 Å². The molecule has 2 unspecified atom stereocenters. The molecule has 1 saturated carbocycles. The highest BCUT2D eigenvalue weighted by atomic mass is 16.1. The Morgan fingerprint density at radius 2 is 1.84 bits per heavy atom. The Hall–Kier alpha value is -1.31.